The number of ether oxygens (including phenoxy) is 2. The Bertz CT molecular complexity index is 1180. The molecule has 192 valence electrons. The molecule has 0 aliphatic heterocycles. The number of rotatable bonds is 4. The van der Waals surface area contributed by atoms with Crippen molar-refractivity contribution in [3.05, 3.63) is 59.2 Å². The van der Waals surface area contributed by atoms with E-state index in [-0.39, 0.29) is 40.1 Å². The molecule has 4 aliphatic rings. The molecule has 0 aromatic heterocycles. The van der Waals surface area contributed by atoms with Crippen LogP contribution in [0, 0.1) is 34.5 Å². The molecular formula is C29H34O7. The number of esters is 2. The maximum absolute atomic E-state index is 14.5. The molecule has 1 spiro atoms. The van der Waals surface area contributed by atoms with Gasteiger partial charge in [0.05, 0.1) is 17.6 Å². The van der Waals surface area contributed by atoms with Crippen LogP contribution in [0.1, 0.15) is 51.4 Å². The highest BCUT2D eigenvalue weighted by atomic mass is 16.6. The van der Waals surface area contributed by atoms with Crippen LogP contribution < -0.4 is 0 Å². The van der Waals surface area contributed by atoms with E-state index in [4.69, 9.17) is 9.47 Å². The molecule has 2 fully saturated rings. The maximum atomic E-state index is 14.5. The van der Waals surface area contributed by atoms with E-state index in [1.54, 1.807) is 49.4 Å². The lowest BCUT2D eigenvalue weighted by Crippen LogP contribution is -2.66. The number of aliphatic hydroxyl groups excluding tert-OH is 1. The van der Waals surface area contributed by atoms with Crippen molar-refractivity contribution >= 4 is 17.7 Å². The molecule has 0 unspecified atom stereocenters. The molecule has 4 aliphatic carbocycles. The summed E-state index contributed by atoms with van der Waals surface area (Å²) < 4.78 is 11.6. The topological polar surface area (TPSA) is 110 Å². The van der Waals surface area contributed by atoms with Crippen molar-refractivity contribution in [2.75, 3.05) is 6.61 Å². The van der Waals surface area contributed by atoms with Crippen LogP contribution in [-0.2, 0) is 19.1 Å². The van der Waals surface area contributed by atoms with Crippen LogP contribution in [0.5, 0.6) is 0 Å². The molecule has 0 saturated heterocycles. The highest BCUT2D eigenvalue weighted by Gasteiger charge is 2.77. The summed E-state index contributed by atoms with van der Waals surface area (Å²) in [5.41, 5.74) is -2.60. The first-order valence-corrected chi connectivity index (χ1v) is 12.6. The van der Waals surface area contributed by atoms with Gasteiger partial charge in [-0.25, -0.2) is 4.79 Å². The molecule has 2 bridgehead atoms. The van der Waals surface area contributed by atoms with Crippen LogP contribution in [0.4, 0.5) is 0 Å². The zero-order valence-corrected chi connectivity index (χ0v) is 21.4. The Kier molecular flexibility index (Phi) is 5.62. The van der Waals surface area contributed by atoms with E-state index < -0.39 is 47.7 Å². The van der Waals surface area contributed by atoms with Gasteiger partial charge in [-0.3, -0.25) is 9.59 Å². The number of carbonyl (C=O) groups is 3. The Morgan fingerprint density at radius 2 is 1.78 bits per heavy atom. The normalized spacial score (nSPS) is 40.0. The average Bonchev–Trinajstić information content (AvgIpc) is 3.33. The van der Waals surface area contributed by atoms with E-state index in [1.807, 2.05) is 6.92 Å². The van der Waals surface area contributed by atoms with E-state index >= 15 is 0 Å². The predicted molar refractivity (Wildman–Crippen MR) is 131 cm³/mol. The number of carbonyl (C=O) groups excluding carboxylic acids is 3. The maximum Gasteiger partial charge on any atom is 0.338 e. The van der Waals surface area contributed by atoms with E-state index in [9.17, 15) is 24.6 Å². The Balaban J connectivity index is 1.73. The summed E-state index contributed by atoms with van der Waals surface area (Å²) in [4.78, 5) is 40.0. The van der Waals surface area contributed by atoms with Crippen molar-refractivity contribution in [2.24, 2.45) is 34.5 Å². The lowest BCUT2D eigenvalue weighted by atomic mass is 9.59. The summed E-state index contributed by atoms with van der Waals surface area (Å²) in [6.45, 7) is 8.68. The lowest BCUT2D eigenvalue weighted by molar-refractivity contribution is -0.202. The third kappa shape index (κ3) is 3.15. The molecule has 2 N–H and O–H groups in total. The van der Waals surface area contributed by atoms with Gasteiger partial charge < -0.3 is 19.7 Å². The molecule has 8 atom stereocenters. The number of hydrogen-bond donors (Lipinski definition) is 2. The van der Waals surface area contributed by atoms with Gasteiger partial charge >= 0.3 is 11.9 Å². The van der Waals surface area contributed by atoms with Gasteiger partial charge in [0, 0.05) is 12.8 Å². The minimum absolute atomic E-state index is 0.0441. The Morgan fingerprint density at radius 1 is 1.11 bits per heavy atom. The first kappa shape index (κ1) is 24.9. The second-order valence-electron chi connectivity index (χ2n) is 11.6. The summed E-state index contributed by atoms with van der Waals surface area (Å²) in [5, 5.41) is 23.2. The van der Waals surface area contributed by atoms with Gasteiger partial charge in [-0.05, 0) is 59.8 Å². The van der Waals surface area contributed by atoms with Gasteiger partial charge in [0.2, 0.25) is 0 Å². The van der Waals surface area contributed by atoms with Crippen molar-refractivity contribution in [1.29, 1.82) is 0 Å². The van der Waals surface area contributed by atoms with Gasteiger partial charge in [0.25, 0.3) is 0 Å². The van der Waals surface area contributed by atoms with Crippen molar-refractivity contribution in [1.82, 2.24) is 0 Å². The predicted octanol–water partition coefficient (Wildman–Crippen LogP) is 3.25. The van der Waals surface area contributed by atoms with Crippen molar-refractivity contribution in [2.45, 2.75) is 58.8 Å². The number of aliphatic hydroxyl groups is 2. The standard InChI is InChI=1S/C29H34O7/c1-15-13-28-16(2)11-21-22(27(21,4)5)20(23(28)32)12-19(14-30)25(29(28,34)24(15)35-17(3)31)36-26(33)18-9-7-6-8-10-18/h6-10,12-13,16,20-22,24-25,30,34H,11,14H2,1-5H3/t16-,20+,21-,22+,24+,25-,28+,29-/m1/s1. The van der Waals surface area contributed by atoms with Crippen LogP contribution in [0.3, 0.4) is 0 Å². The first-order chi connectivity index (χ1) is 16.9. The molecule has 5 rings (SSSR count). The van der Waals surface area contributed by atoms with Crippen LogP contribution in [-0.4, -0.2) is 52.4 Å². The molecule has 36 heavy (non-hydrogen) atoms. The Hall–Kier alpha value is -2.77. The van der Waals surface area contributed by atoms with Crippen LogP contribution >= 0.6 is 0 Å². The smallest absolute Gasteiger partial charge is 0.338 e. The summed E-state index contributed by atoms with van der Waals surface area (Å²) in [7, 11) is 0. The van der Waals surface area contributed by atoms with Gasteiger partial charge in [-0.2, -0.15) is 0 Å². The molecular weight excluding hydrogens is 460 g/mol. The fraction of sp³-hybridized carbons (Fsp3) is 0.552. The quantitative estimate of drug-likeness (QED) is 0.488. The monoisotopic (exact) mass is 494 g/mol. The minimum atomic E-state index is -2.12. The molecule has 0 heterocycles. The molecule has 2 saturated carbocycles. The zero-order chi connectivity index (χ0) is 26.2. The SMILES string of the molecule is CC(=O)O[C@H]1C(C)=C[C@]23C(=O)[C@@H](C=C(CO)[C@@H](OC(=O)c4ccccc4)[C@]12O)[C@H]1[C@@H](C[C@H]3C)C1(C)C. The zero-order valence-electron chi connectivity index (χ0n) is 21.4. The summed E-state index contributed by atoms with van der Waals surface area (Å²) in [6, 6.07) is 8.36. The Labute approximate surface area is 211 Å². The number of ketones is 1. The highest BCUT2D eigenvalue weighted by molar-refractivity contribution is 5.96. The van der Waals surface area contributed by atoms with Gasteiger partial charge in [0.15, 0.2) is 23.6 Å². The Morgan fingerprint density at radius 3 is 2.39 bits per heavy atom. The van der Waals surface area contributed by atoms with Crippen molar-refractivity contribution < 1.29 is 34.1 Å². The lowest BCUT2D eigenvalue weighted by Gasteiger charge is -2.49. The third-order valence-corrected chi connectivity index (χ3v) is 9.38. The molecule has 1 aromatic carbocycles. The number of benzene rings is 1. The van der Waals surface area contributed by atoms with Crippen LogP contribution in [0.25, 0.3) is 0 Å². The van der Waals surface area contributed by atoms with Crippen LogP contribution in [0.2, 0.25) is 0 Å². The number of allylic oxidation sites excluding steroid dienone is 1. The van der Waals surface area contributed by atoms with Crippen molar-refractivity contribution in [3.8, 4) is 0 Å². The second-order valence-corrected chi connectivity index (χ2v) is 11.6. The average molecular weight is 495 g/mol. The van der Waals surface area contributed by atoms with E-state index in [1.165, 1.54) is 6.92 Å². The summed E-state index contributed by atoms with van der Waals surface area (Å²) in [5.74, 6) is -2.07. The number of hydrogen-bond acceptors (Lipinski definition) is 7. The van der Waals surface area contributed by atoms with Crippen LogP contribution in [0.15, 0.2) is 53.6 Å². The van der Waals surface area contributed by atoms with E-state index in [2.05, 4.69) is 13.8 Å². The fourth-order valence-corrected chi connectivity index (χ4v) is 7.65. The molecule has 7 heteroatoms. The molecule has 1 aromatic rings. The molecule has 0 radical (unpaired) electrons. The van der Waals surface area contributed by atoms with Gasteiger partial charge in [-0.1, -0.05) is 51.1 Å². The molecule has 0 amide bonds. The largest absolute Gasteiger partial charge is 0.455 e. The number of Topliss-reactive ketones (excluding diaryl/α,β-unsaturated/α-hetero) is 1. The van der Waals surface area contributed by atoms with E-state index in [0.717, 1.165) is 0 Å². The summed E-state index contributed by atoms with van der Waals surface area (Å²) in [6.07, 6.45) is 1.53. The third-order valence-electron chi connectivity index (χ3n) is 9.38. The first-order valence-electron chi connectivity index (χ1n) is 12.6. The second kappa shape index (κ2) is 8.12. The van der Waals surface area contributed by atoms with Gasteiger partial charge in [-0.15, -0.1) is 0 Å². The number of fused-ring (bicyclic) bond motifs is 3. The highest BCUT2D eigenvalue weighted by Crippen LogP contribution is 2.71. The van der Waals surface area contributed by atoms with Crippen molar-refractivity contribution in [3.63, 3.8) is 0 Å². The summed E-state index contributed by atoms with van der Waals surface area (Å²) >= 11 is 0. The molecule has 7 nitrogen and oxygen atoms in total. The van der Waals surface area contributed by atoms with Gasteiger partial charge in [0.1, 0.15) is 0 Å². The fourth-order valence-electron chi connectivity index (χ4n) is 7.65. The minimum Gasteiger partial charge on any atom is -0.455 e. The van der Waals surface area contributed by atoms with E-state index in [0.29, 0.717) is 12.0 Å².